The zero-order valence-corrected chi connectivity index (χ0v) is 21.5. The van der Waals surface area contributed by atoms with E-state index >= 15 is 0 Å². The molecule has 5 rings (SSSR count). The number of rotatable bonds is 7. The molecule has 1 aliphatic rings. The number of carbonyl (C=O) groups is 1. The summed E-state index contributed by atoms with van der Waals surface area (Å²) in [5.41, 5.74) is 5.98. The van der Waals surface area contributed by atoms with Gasteiger partial charge in [0.2, 0.25) is 5.91 Å². The van der Waals surface area contributed by atoms with Crippen LogP contribution < -0.4 is 9.64 Å². The molecule has 0 radical (unpaired) electrons. The number of fused-ring (bicyclic) bond motifs is 1. The highest BCUT2D eigenvalue weighted by Gasteiger charge is 2.28. The van der Waals surface area contributed by atoms with E-state index in [1.54, 1.807) is 7.11 Å². The van der Waals surface area contributed by atoms with Crippen molar-refractivity contribution in [3.8, 4) is 5.75 Å². The van der Waals surface area contributed by atoms with Gasteiger partial charge in [0.1, 0.15) is 5.75 Å². The fourth-order valence-electron chi connectivity index (χ4n) is 5.41. The molecule has 1 atom stereocenters. The van der Waals surface area contributed by atoms with Crippen LogP contribution in [0.25, 0.3) is 10.9 Å². The van der Waals surface area contributed by atoms with Crippen LogP contribution in [0.1, 0.15) is 36.0 Å². The van der Waals surface area contributed by atoms with Crippen LogP contribution in [0.5, 0.6) is 5.75 Å². The molecule has 2 heterocycles. The number of piperazine rings is 1. The summed E-state index contributed by atoms with van der Waals surface area (Å²) in [4.78, 5) is 18.0. The number of amides is 1. The highest BCUT2D eigenvalue weighted by molar-refractivity contribution is 5.87. The maximum absolute atomic E-state index is 13.7. The lowest BCUT2D eigenvalue weighted by molar-refractivity contribution is -0.131. The number of methoxy groups -OCH3 is 1. The van der Waals surface area contributed by atoms with Crippen LogP contribution in [0, 0.1) is 6.92 Å². The van der Waals surface area contributed by atoms with Crippen LogP contribution in [-0.4, -0.2) is 48.7 Å². The first-order valence-electron chi connectivity index (χ1n) is 12.9. The van der Waals surface area contributed by atoms with E-state index in [0.717, 1.165) is 31.1 Å². The third-order valence-corrected chi connectivity index (χ3v) is 7.45. The fraction of sp³-hybridized carbons (Fsp3) is 0.323. The second kappa shape index (κ2) is 10.5. The van der Waals surface area contributed by atoms with E-state index in [-0.39, 0.29) is 11.8 Å². The molecule has 1 unspecified atom stereocenters. The Kier molecular flexibility index (Phi) is 6.99. The summed E-state index contributed by atoms with van der Waals surface area (Å²) in [5.74, 6) is 1.11. The Balaban J connectivity index is 1.39. The van der Waals surface area contributed by atoms with E-state index in [0.29, 0.717) is 19.5 Å². The van der Waals surface area contributed by atoms with Crippen LogP contribution in [0.2, 0.25) is 0 Å². The van der Waals surface area contributed by atoms with E-state index in [4.69, 9.17) is 4.74 Å². The van der Waals surface area contributed by atoms with Gasteiger partial charge in [-0.05, 0) is 43.2 Å². The SMILES string of the molecule is CCn1cc(C(CC(=O)N2CCN(c3ccccc3OC)CC2)c2ccc(C)cc2)c2ccccc21. The molecule has 1 aliphatic heterocycles. The van der Waals surface area contributed by atoms with Crippen LogP contribution in [0.3, 0.4) is 0 Å². The average Bonchev–Trinajstić information content (AvgIpc) is 3.31. The summed E-state index contributed by atoms with van der Waals surface area (Å²) in [6.45, 7) is 8.22. The van der Waals surface area contributed by atoms with Gasteiger partial charge in [0, 0.05) is 62.2 Å². The summed E-state index contributed by atoms with van der Waals surface area (Å²) in [5, 5.41) is 1.23. The number of aryl methyl sites for hydroxylation is 2. The first kappa shape index (κ1) is 24.0. The number of ether oxygens (including phenoxy) is 1. The molecule has 0 aliphatic carbocycles. The van der Waals surface area contributed by atoms with Crippen molar-refractivity contribution < 1.29 is 9.53 Å². The van der Waals surface area contributed by atoms with E-state index in [1.807, 2.05) is 23.1 Å². The van der Waals surface area contributed by atoms with Gasteiger partial charge in [-0.3, -0.25) is 4.79 Å². The number of aromatic nitrogens is 1. The smallest absolute Gasteiger partial charge is 0.223 e. The lowest BCUT2D eigenvalue weighted by Crippen LogP contribution is -2.49. The molecule has 0 N–H and O–H groups in total. The maximum Gasteiger partial charge on any atom is 0.223 e. The number of anilines is 1. The second-order valence-electron chi connectivity index (χ2n) is 9.59. The zero-order valence-electron chi connectivity index (χ0n) is 21.5. The Labute approximate surface area is 213 Å². The van der Waals surface area contributed by atoms with Crippen molar-refractivity contribution in [1.82, 2.24) is 9.47 Å². The third-order valence-electron chi connectivity index (χ3n) is 7.45. The molecule has 4 aromatic rings. The molecular formula is C31H35N3O2. The number of hydrogen-bond acceptors (Lipinski definition) is 3. The normalized spacial score (nSPS) is 14.8. The number of para-hydroxylation sites is 3. The van der Waals surface area contributed by atoms with Crippen molar-refractivity contribution >= 4 is 22.5 Å². The van der Waals surface area contributed by atoms with Gasteiger partial charge in [-0.1, -0.05) is 60.2 Å². The Hall–Kier alpha value is -3.73. The summed E-state index contributed by atoms with van der Waals surface area (Å²) in [6.07, 6.45) is 2.72. The molecule has 0 saturated carbocycles. The third kappa shape index (κ3) is 4.70. The quantitative estimate of drug-likeness (QED) is 0.332. The minimum Gasteiger partial charge on any atom is -0.495 e. The Bertz CT molecular complexity index is 1330. The first-order chi connectivity index (χ1) is 17.6. The van der Waals surface area contributed by atoms with Crippen molar-refractivity contribution in [3.05, 3.63) is 95.7 Å². The van der Waals surface area contributed by atoms with Gasteiger partial charge in [-0.2, -0.15) is 0 Å². The van der Waals surface area contributed by atoms with E-state index in [2.05, 4.69) is 84.1 Å². The molecule has 5 heteroatoms. The van der Waals surface area contributed by atoms with Crippen molar-refractivity contribution in [2.24, 2.45) is 0 Å². The Morgan fingerprint density at radius 3 is 2.33 bits per heavy atom. The van der Waals surface area contributed by atoms with E-state index in [9.17, 15) is 4.79 Å². The molecule has 1 saturated heterocycles. The van der Waals surface area contributed by atoms with Gasteiger partial charge >= 0.3 is 0 Å². The summed E-state index contributed by atoms with van der Waals surface area (Å²) in [6, 6.07) is 25.3. The monoisotopic (exact) mass is 481 g/mol. The highest BCUT2D eigenvalue weighted by atomic mass is 16.5. The van der Waals surface area contributed by atoms with Gasteiger partial charge in [0.15, 0.2) is 0 Å². The van der Waals surface area contributed by atoms with Crippen molar-refractivity contribution in [1.29, 1.82) is 0 Å². The van der Waals surface area contributed by atoms with Crippen LogP contribution >= 0.6 is 0 Å². The summed E-state index contributed by atoms with van der Waals surface area (Å²) >= 11 is 0. The van der Waals surface area contributed by atoms with Gasteiger partial charge < -0.3 is 19.1 Å². The fourth-order valence-corrected chi connectivity index (χ4v) is 5.41. The van der Waals surface area contributed by atoms with Gasteiger partial charge in [0.05, 0.1) is 12.8 Å². The topological polar surface area (TPSA) is 37.7 Å². The lowest BCUT2D eigenvalue weighted by Gasteiger charge is -2.37. The number of carbonyl (C=O) groups excluding carboxylic acids is 1. The molecule has 5 nitrogen and oxygen atoms in total. The van der Waals surface area contributed by atoms with Crippen LogP contribution in [0.4, 0.5) is 5.69 Å². The second-order valence-corrected chi connectivity index (χ2v) is 9.59. The maximum atomic E-state index is 13.7. The number of benzene rings is 3. The van der Waals surface area contributed by atoms with Gasteiger partial charge in [-0.25, -0.2) is 0 Å². The van der Waals surface area contributed by atoms with Crippen molar-refractivity contribution in [2.45, 2.75) is 32.7 Å². The first-order valence-corrected chi connectivity index (χ1v) is 12.9. The lowest BCUT2D eigenvalue weighted by atomic mass is 9.87. The standard InChI is InChI=1S/C31H35N3O2/c1-4-32-22-27(25-9-5-6-10-28(25)32)26(24-15-13-23(2)14-16-24)21-31(35)34-19-17-33(18-20-34)29-11-7-8-12-30(29)36-3/h5-16,22,26H,4,17-21H2,1-3H3. The molecule has 3 aromatic carbocycles. The van der Waals surface area contributed by atoms with Gasteiger partial charge in [-0.15, -0.1) is 0 Å². The van der Waals surface area contributed by atoms with Crippen molar-refractivity contribution in [3.63, 3.8) is 0 Å². The highest BCUT2D eigenvalue weighted by Crippen LogP contribution is 2.36. The molecule has 1 aromatic heterocycles. The van der Waals surface area contributed by atoms with Crippen LogP contribution in [0.15, 0.2) is 79.0 Å². The molecule has 1 fully saturated rings. The van der Waals surface area contributed by atoms with E-state index < -0.39 is 0 Å². The van der Waals surface area contributed by atoms with Gasteiger partial charge in [0.25, 0.3) is 0 Å². The Morgan fingerprint density at radius 1 is 0.917 bits per heavy atom. The largest absolute Gasteiger partial charge is 0.495 e. The minimum absolute atomic E-state index is 0.0167. The summed E-state index contributed by atoms with van der Waals surface area (Å²) < 4.78 is 7.85. The minimum atomic E-state index is 0.0167. The zero-order chi connectivity index (χ0) is 25.1. The molecule has 0 spiro atoms. The molecular weight excluding hydrogens is 446 g/mol. The van der Waals surface area contributed by atoms with Crippen molar-refractivity contribution in [2.75, 3.05) is 38.2 Å². The summed E-state index contributed by atoms with van der Waals surface area (Å²) in [7, 11) is 1.71. The molecule has 186 valence electrons. The van der Waals surface area contributed by atoms with E-state index in [1.165, 1.54) is 27.6 Å². The Morgan fingerprint density at radius 2 is 1.61 bits per heavy atom. The predicted molar refractivity (Wildman–Crippen MR) is 147 cm³/mol. The number of nitrogens with zero attached hydrogens (tertiary/aromatic N) is 3. The molecule has 1 amide bonds. The predicted octanol–water partition coefficient (Wildman–Crippen LogP) is 5.85. The molecule has 0 bridgehead atoms. The molecule has 36 heavy (non-hydrogen) atoms. The van der Waals surface area contributed by atoms with Crippen LogP contribution in [-0.2, 0) is 11.3 Å². The average molecular weight is 482 g/mol. The number of hydrogen-bond donors (Lipinski definition) is 0.